The SMILES string of the molecule is Cc1ccc(C(=O)O)c(C(F)F)c1C#N. The zero-order valence-corrected chi connectivity index (χ0v) is 7.79. The van der Waals surface area contributed by atoms with Gasteiger partial charge in [0.1, 0.15) is 0 Å². The smallest absolute Gasteiger partial charge is 0.336 e. The lowest BCUT2D eigenvalue weighted by atomic mass is 9.97. The number of rotatable bonds is 2. The molecule has 0 amide bonds. The van der Waals surface area contributed by atoms with Crippen LogP contribution in [0.5, 0.6) is 0 Å². The van der Waals surface area contributed by atoms with Crippen LogP contribution in [0, 0.1) is 18.3 Å². The maximum Gasteiger partial charge on any atom is 0.336 e. The van der Waals surface area contributed by atoms with Crippen molar-refractivity contribution in [1.82, 2.24) is 0 Å². The number of halogens is 2. The van der Waals surface area contributed by atoms with Gasteiger partial charge in [0, 0.05) is 0 Å². The van der Waals surface area contributed by atoms with Gasteiger partial charge < -0.3 is 5.11 Å². The first-order chi connectivity index (χ1) is 6.99. The summed E-state index contributed by atoms with van der Waals surface area (Å²) in [5.74, 6) is -1.46. The minimum absolute atomic E-state index is 0.259. The molecule has 0 bridgehead atoms. The van der Waals surface area contributed by atoms with Crippen LogP contribution in [0.4, 0.5) is 8.78 Å². The average Bonchev–Trinajstić information content (AvgIpc) is 2.16. The summed E-state index contributed by atoms with van der Waals surface area (Å²) in [6.45, 7) is 1.48. The van der Waals surface area contributed by atoms with E-state index in [1.54, 1.807) is 6.07 Å². The maximum atomic E-state index is 12.6. The molecule has 0 fully saturated rings. The van der Waals surface area contributed by atoms with Gasteiger partial charge in [-0.2, -0.15) is 5.26 Å². The van der Waals surface area contributed by atoms with E-state index in [2.05, 4.69) is 0 Å². The van der Waals surface area contributed by atoms with Crippen molar-refractivity contribution in [2.24, 2.45) is 0 Å². The summed E-state index contributed by atoms with van der Waals surface area (Å²) in [6, 6.07) is 4.02. The van der Waals surface area contributed by atoms with Gasteiger partial charge in [0.25, 0.3) is 6.43 Å². The molecule has 0 radical (unpaired) electrons. The fourth-order valence-electron chi connectivity index (χ4n) is 1.29. The zero-order valence-electron chi connectivity index (χ0n) is 7.79. The minimum Gasteiger partial charge on any atom is -0.478 e. The molecule has 1 aromatic carbocycles. The van der Waals surface area contributed by atoms with E-state index in [0.29, 0.717) is 5.56 Å². The van der Waals surface area contributed by atoms with Crippen molar-refractivity contribution in [1.29, 1.82) is 5.26 Å². The molecule has 0 atom stereocenters. The quantitative estimate of drug-likeness (QED) is 0.817. The molecule has 0 unspecified atom stereocenters. The average molecular weight is 211 g/mol. The number of nitrogens with zero attached hydrogens (tertiary/aromatic N) is 1. The predicted molar refractivity (Wildman–Crippen MR) is 47.8 cm³/mol. The van der Waals surface area contributed by atoms with Gasteiger partial charge in [-0.15, -0.1) is 0 Å². The molecule has 5 heteroatoms. The van der Waals surface area contributed by atoms with E-state index in [1.807, 2.05) is 0 Å². The van der Waals surface area contributed by atoms with E-state index in [-0.39, 0.29) is 5.56 Å². The van der Waals surface area contributed by atoms with E-state index >= 15 is 0 Å². The van der Waals surface area contributed by atoms with Crippen LogP contribution in [0.1, 0.15) is 33.5 Å². The highest BCUT2D eigenvalue weighted by atomic mass is 19.3. The van der Waals surface area contributed by atoms with E-state index < -0.39 is 23.5 Å². The molecule has 0 heterocycles. The van der Waals surface area contributed by atoms with Gasteiger partial charge in [-0.25, -0.2) is 13.6 Å². The van der Waals surface area contributed by atoms with Gasteiger partial charge in [-0.3, -0.25) is 0 Å². The van der Waals surface area contributed by atoms with E-state index in [4.69, 9.17) is 10.4 Å². The highest BCUT2D eigenvalue weighted by molar-refractivity contribution is 5.90. The number of benzene rings is 1. The maximum absolute atomic E-state index is 12.6. The standard InChI is InChI=1S/C10H7F2NO2/c1-5-2-3-6(10(14)15)8(9(11)12)7(5)4-13/h2-3,9H,1H3,(H,14,15). The first-order valence-electron chi connectivity index (χ1n) is 4.04. The van der Waals surface area contributed by atoms with E-state index in [0.717, 1.165) is 6.07 Å². The molecule has 0 aromatic heterocycles. The third kappa shape index (κ3) is 1.94. The molecule has 15 heavy (non-hydrogen) atoms. The molecule has 0 saturated carbocycles. The van der Waals surface area contributed by atoms with Gasteiger partial charge in [0.2, 0.25) is 0 Å². The summed E-state index contributed by atoms with van der Waals surface area (Å²) < 4.78 is 25.2. The fourth-order valence-corrected chi connectivity index (χ4v) is 1.29. The molecule has 0 spiro atoms. The topological polar surface area (TPSA) is 61.1 Å². The van der Waals surface area contributed by atoms with Crippen molar-refractivity contribution >= 4 is 5.97 Å². The molecule has 1 rings (SSSR count). The molecule has 1 N–H and O–H groups in total. The van der Waals surface area contributed by atoms with Crippen molar-refractivity contribution in [3.63, 3.8) is 0 Å². The lowest BCUT2D eigenvalue weighted by molar-refractivity contribution is 0.0684. The molecule has 0 aliphatic heterocycles. The Kier molecular flexibility index (Phi) is 3.00. The van der Waals surface area contributed by atoms with Crippen LogP contribution in [0.15, 0.2) is 12.1 Å². The Morgan fingerprint density at radius 1 is 1.53 bits per heavy atom. The van der Waals surface area contributed by atoms with Crippen LogP contribution in [-0.4, -0.2) is 11.1 Å². The molecule has 78 valence electrons. The second-order valence-electron chi connectivity index (χ2n) is 2.94. The van der Waals surface area contributed by atoms with Crippen molar-refractivity contribution in [3.05, 3.63) is 34.4 Å². The van der Waals surface area contributed by atoms with Crippen LogP contribution in [0.3, 0.4) is 0 Å². The van der Waals surface area contributed by atoms with E-state index in [9.17, 15) is 13.6 Å². The number of carboxylic acid groups (broad SMARTS) is 1. The number of carbonyl (C=O) groups is 1. The zero-order chi connectivity index (χ0) is 11.6. The Labute approximate surface area is 84.6 Å². The molecule has 3 nitrogen and oxygen atoms in total. The normalized spacial score (nSPS) is 10.1. The van der Waals surface area contributed by atoms with Gasteiger partial charge in [0.15, 0.2) is 0 Å². The third-order valence-corrected chi connectivity index (χ3v) is 2.01. The van der Waals surface area contributed by atoms with Crippen LogP contribution >= 0.6 is 0 Å². The van der Waals surface area contributed by atoms with Crippen molar-refractivity contribution in [2.75, 3.05) is 0 Å². The number of carboxylic acids is 1. The highest BCUT2D eigenvalue weighted by Crippen LogP contribution is 2.28. The Morgan fingerprint density at radius 2 is 2.13 bits per heavy atom. The summed E-state index contributed by atoms with van der Waals surface area (Å²) in [7, 11) is 0. The second-order valence-corrected chi connectivity index (χ2v) is 2.94. The molecule has 1 aromatic rings. The minimum atomic E-state index is -2.97. The number of aryl methyl sites for hydroxylation is 1. The molecular weight excluding hydrogens is 204 g/mol. The van der Waals surface area contributed by atoms with Crippen LogP contribution in [-0.2, 0) is 0 Å². The highest BCUT2D eigenvalue weighted by Gasteiger charge is 2.23. The number of alkyl halides is 2. The number of hydrogen-bond donors (Lipinski definition) is 1. The Balaban J connectivity index is 3.58. The number of hydrogen-bond acceptors (Lipinski definition) is 2. The van der Waals surface area contributed by atoms with E-state index in [1.165, 1.54) is 13.0 Å². The molecular formula is C10H7F2NO2. The second kappa shape index (κ2) is 4.05. The fraction of sp³-hybridized carbons (Fsp3) is 0.200. The lowest BCUT2D eigenvalue weighted by Crippen LogP contribution is -2.06. The van der Waals surface area contributed by atoms with Crippen molar-refractivity contribution in [2.45, 2.75) is 13.3 Å². The summed E-state index contributed by atoms with van der Waals surface area (Å²) in [4.78, 5) is 10.7. The number of nitriles is 1. The molecule has 0 aliphatic rings. The van der Waals surface area contributed by atoms with Gasteiger partial charge in [-0.05, 0) is 18.6 Å². The third-order valence-electron chi connectivity index (χ3n) is 2.01. The van der Waals surface area contributed by atoms with Crippen LogP contribution in [0.25, 0.3) is 0 Å². The summed E-state index contributed by atoms with van der Waals surface area (Å²) in [5.41, 5.74) is -1.14. The van der Waals surface area contributed by atoms with Gasteiger partial charge in [0.05, 0.1) is 22.8 Å². The largest absolute Gasteiger partial charge is 0.478 e. The van der Waals surface area contributed by atoms with Crippen LogP contribution in [0.2, 0.25) is 0 Å². The molecule has 0 saturated heterocycles. The monoisotopic (exact) mass is 211 g/mol. The Hall–Kier alpha value is -1.96. The van der Waals surface area contributed by atoms with Crippen LogP contribution < -0.4 is 0 Å². The Morgan fingerprint density at radius 3 is 2.53 bits per heavy atom. The summed E-state index contributed by atoms with van der Waals surface area (Å²) >= 11 is 0. The van der Waals surface area contributed by atoms with Gasteiger partial charge >= 0.3 is 5.97 Å². The molecule has 0 aliphatic carbocycles. The first-order valence-corrected chi connectivity index (χ1v) is 4.04. The lowest BCUT2D eigenvalue weighted by Gasteiger charge is -2.09. The van der Waals surface area contributed by atoms with Crippen molar-refractivity contribution in [3.8, 4) is 6.07 Å². The summed E-state index contributed by atoms with van der Waals surface area (Å²) in [6.07, 6.45) is -2.97. The predicted octanol–water partition coefficient (Wildman–Crippen LogP) is 2.50. The first kappa shape index (κ1) is 11.1. The Bertz CT molecular complexity index is 449. The number of aromatic carboxylic acids is 1. The van der Waals surface area contributed by atoms with Crippen molar-refractivity contribution < 1.29 is 18.7 Å². The van der Waals surface area contributed by atoms with Gasteiger partial charge in [-0.1, -0.05) is 6.07 Å². The summed E-state index contributed by atoms with van der Waals surface area (Å²) in [5, 5.41) is 17.4.